The minimum atomic E-state index is -3.45. The first-order chi connectivity index (χ1) is 12.3. The summed E-state index contributed by atoms with van der Waals surface area (Å²) in [6.07, 6.45) is 2.98. The quantitative estimate of drug-likeness (QED) is 0.824. The van der Waals surface area contributed by atoms with E-state index in [9.17, 15) is 13.2 Å². The molecule has 138 valence electrons. The second kappa shape index (κ2) is 7.07. The molecule has 1 aliphatic heterocycles. The third-order valence-corrected chi connectivity index (χ3v) is 5.73. The molecule has 3 rings (SSSR count). The van der Waals surface area contributed by atoms with Gasteiger partial charge in [-0.3, -0.25) is 4.79 Å². The van der Waals surface area contributed by atoms with Gasteiger partial charge in [-0.2, -0.15) is 0 Å². The lowest BCUT2D eigenvalue weighted by atomic mass is 10.1. The highest BCUT2D eigenvalue weighted by molar-refractivity contribution is 7.90. The van der Waals surface area contributed by atoms with Crippen LogP contribution in [0, 0.1) is 13.8 Å². The van der Waals surface area contributed by atoms with Gasteiger partial charge in [-0.05, 0) is 37.1 Å². The Labute approximate surface area is 154 Å². The van der Waals surface area contributed by atoms with Crippen molar-refractivity contribution in [1.29, 1.82) is 0 Å². The van der Waals surface area contributed by atoms with Gasteiger partial charge in [0.15, 0.2) is 9.84 Å². The summed E-state index contributed by atoms with van der Waals surface area (Å²) in [5, 5.41) is 0. The van der Waals surface area contributed by atoms with E-state index in [1.165, 1.54) is 6.07 Å². The van der Waals surface area contributed by atoms with Gasteiger partial charge >= 0.3 is 0 Å². The van der Waals surface area contributed by atoms with E-state index in [4.69, 9.17) is 0 Å². The number of aromatic nitrogens is 1. The summed E-state index contributed by atoms with van der Waals surface area (Å²) in [6, 6.07) is 8.49. The third kappa shape index (κ3) is 3.72. The Morgan fingerprint density at radius 1 is 1.08 bits per heavy atom. The zero-order valence-electron chi connectivity index (χ0n) is 15.3. The molecule has 1 saturated heterocycles. The second-order valence-electron chi connectivity index (χ2n) is 6.70. The van der Waals surface area contributed by atoms with Crippen molar-refractivity contribution in [3.05, 3.63) is 53.2 Å². The number of nitrogens with zero attached hydrogens (tertiary/aromatic N) is 3. The number of sulfone groups is 1. The van der Waals surface area contributed by atoms with E-state index >= 15 is 0 Å². The lowest BCUT2D eigenvalue weighted by molar-refractivity contribution is 0.0742. The lowest BCUT2D eigenvalue weighted by Gasteiger charge is -2.36. The minimum Gasteiger partial charge on any atom is -0.353 e. The SMILES string of the molecule is Cc1cnc(N2CCN(C(=O)c3ccccc3S(C)(=O)=O)CC2)c(C)c1. The summed E-state index contributed by atoms with van der Waals surface area (Å²) in [6.45, 7) is 6.46. The molecule has 1 fully saturated rings. The maximum atomic E-state index is 12.8. The van der Waals surface area contributed by atoms with Crippen molar-refractivity contribution in [3.63, 3.8) is 0 Å². The van der Waals surface area contributed by atoms with Crippen LogP contribution in [0.2, 0.25) is 0 Å². The van der Waals surface area contributed by atoms with Crippen LogP contribution in [0.5, 0.6) is 0 Å². The highest BCUT2D eigenvalue weighted by atomic mass is 32.2. The molecule has 0 N–H and O–H groups in total. The van der Waals surface area contributed by atoms with Crippen LogP contribution < -0.4 is 4.90 Å². The topological polar surface area (TPSA) is 70.6 Å². The molecular formula is C19H23N3O3S. The number of hydrogen-bond acceptors (Lipinski definition) is 5. The molecule has 7 heteroatoms. The number of benzene rings is 1. The van der Waals surface area contributed by atoms with E-state index in [0.717, 1.165) is 23.2 Å². The monoisotopic (exact) mass is 373 g/mol. The Hall–Kier alpha value is -2.41. The van der Waals surface area contributed by atoms with E-state index in [2.05, 4.69) is 16.0 Å². The summed E-state index contributed by atoms with van der Waals surface area (Å²) < 4.78 is 23.9. The standard InChI is InChI=1S/C19H23N3O3S/c1-14-12-15(2)18(20-13-14)21-8-10-22(11-9-21)19(23)16-6-4-5-7-17(16)26(3,24)25/h4-7,12-13H,8-11H2,1-3H3. The summed E-state index contributed by atoms with van der Waals surface area (Å²) in [7, 11) is -3.45. The molecule has 0 bridgehead atoms. The number of hydrogen-bond donors (Lipinski definition) is 0. The Morgan fingerprint density at radius 2 is 1.73 bits per heavy atom. The van der Waals surface area contributed by atoms with Gasteiger partial charge in [0.2, 0.25) is 0 Å². The highest BCUT2D eigenvalue weighted by Crippen LogP contribution is 2.22. The zero-order chi connectivity index (χ0) is 18.9. The molecule has 0 saturated carbocycles. The number of aryl methyl sites for hydroxylation is 2. The van der Waals surface area contributed by atoms with Crippen molar-refractivity contribution < 1.29 is 13.2 Å². The van der Waals surface area contributed by atoms with E-state index in [1.54, 1.807) is 23.1 Å². The van der Waals surface area contributed by atoms with E-state index in [-0.39, 0.29) is 16.4 Å². The largest absolute Gasteiger partial charge is 0.353 e. The first-order valence-corrected chi connectivity index (χ1v) is 10.4. The molecule has 26 heavy (non-hydrogen) atoms. The van der Waals surface area contributed by atoms with Crippen LogP contribution in [-0.2, 0) is 9.84 Å². The van der Waals surface area contributed by atoms with Gasteiger partial charge in [-0.25, -0.2) is 13.4 Å². The van der Waals surface area contributed by atoms with E-state index in [0.29, 0.717) is 26.2 Å². The van der Waals surface area contributed by atoms with Gasteiger partial charge in [-0.15, -0.1) is 0 Å². The summed E-state index contributed by atoms with van der Waals surface area (Å²) in [5.41, 5.74) is 2.48. The molecular weight excluding hydrogens is 350 g/mol. The van der Waals surface area contributed by atoms with Crippen molar-refractivity contribution >= 4 is 21.6 Å². The first kappa shape index (κ1) is 18.4. The smallest absolute Gasteiger partial charge is 0.255 e. The molecule has 0 atom stereocenters. The average molecular weight is 373 g/mol. The van der Waals surface area contributed by atoms with Gasteiger partial charge in [-0.1, -0.05) is 18.2 Å². The molecule has 6 nitrogen and oxygen atoms in total. The number of carbonyl (C=O) groups is 1. The molecule has 1 aromatic heterocycles. The van der Waals surface area contributed by atoms with Crippen molar-refractivity contribution in [2.75, 3.05) is 37.3 Å². The Morgan fingerprint density at radius 3 is 2.35 bits per heavy atom. The van der Waals surface area contributed by atoms with Crippen LogP contribution in [0.15, 0.2) is 41.4 Å². The zero-order valence-corrected chi connectivity index (χ0v) is 16.1. The minimum absolute atomic E-state index is 0.0866. The molecule has 2 aromatic rings. The number of carbonyl (C=O) groups excluding carboxylic acids is 1. The number of amides is 1. The molecule has 0 spiro atoms. The normalized spacial score (nSPS) is 15.2. The predicted octanol–water partition coefficient (Wildman–Crippen LogP) is 2.06. The van der Waals surface area contributed by atoms with Gasteiger partial charge in [0.1, 0.15) is 5.82 Å². The summed E-state index contributed by atoms with van der Waals surface area (Å²) >= 11 is 0. The van der Waals surface area contributed by atoms with E-state index < -0.39 is 9.84 Å². The fourth-order valence-corrected chi connectivity index (χ4v) is 4.18. The van der Waals surface area contributed by atoms with Crippen LogP contribution >= 0.6 is 0 Å². The summed E-state index contributed by atoms with van der Waals surface area (Å²) in [4.78, 5) is 21.3. The van der Waals surface area contributed by atoms with E-state index in [1.807, 2.05) is 20.0 Å². The first-order valence-electron chi connectivity index (χ1n) is 8.54. The number of pyridine rings is 1. The highest BCUT2D eigenvalue weighted by Gasteiger charge is 2.26. The van der Waals surface area contributed by atoms with Crippen molar-refractivity contribution in [2.24, 2.45) is 0 Å². The molecule has 1 amide bonds. The fourth-order valence-electron chi connectivity index (χ4n) is 3.30. The van der Waals surface area contributed by atoms with Crippen LogP contribution in [-0.4, -0.2) is 56.6 Å². The Balaban J connectivity index is 1.76. The second-order valence-corrected chi connectivity index (χ2v) is 8.68. The number of rotatable bonds is 3. The van der Waals surface area contributed by atoms with Crippen molar-refractivity contribution in [3.8, 4) is 0 Å². The van der Waals surface area contributed by atoms with Crippen molar-refractivity contribution in [2.45, 2.75) is 18.7 Å². The molecule has 0 aliphatic carbocycles. The van der Waals surface area contributed by atoms with Gasteiger partial charge in [0.25, 0.3) is 5.91 Å². The summed E-state index contributed by atoms with van der Waals surface area (Å²) in [5.74, 6) is 0.707. The van der Waals surface area contributed by atoms with Crippen LogP contribution in [0.1, 0.15) is 21.5 Å². The average Bonchev–Trinajstić information content (AvgIpc) is 2.61. The number of anilines is 1. The van der Waals surface area contributed by atoms with Gasteiger partial charge in [0.05, 0.1) is 10.5 Å². The maximum absolute atomic E-state index is 12.8. The van der Waals surface area contributed by atoms with Crippen LogP contribution in [0.25, 0.3) is 0 Å². The lowest BCUT2D eigenvalue weighted by Crippen LogP contribution is -2.49. The third-order valence-electron chi connectivity index (χ3n) is 4.57. The predicted molar refractivity (Wildman–Crippen MR) is 101 cm³/mol. The maximum Gasteiger partial charge on any atom is 0.255 e. The van der Waals surface area contributed by atoms with Crippen LogP contribution in [0.3, 0.4) is 0 Å². The van der Waals surface area contributed by atoms with Crippen LogP contribution in [0.4, 0.5) is 5.82 Å². The number of piperazine rings is 1. The molecule has 1 aliphatic rings. The molecule has 0 unspecified atom stereocenters. The molecule has 2 heterocycles. The molecule has 0 radical (unpaired) electrons. The Bertz CT molecular complexity index is 933. The van der Waals surface area contributed by atoms with Gasteiger partial charge < -0.3 is 9.80 Å². The molecule has 1 aromatic carbocycles. The van der Waals surface area contributed by atoms with Crippen molar-refractivity contribution in [1.82, 2.24) is 9.88 Å². The van der Waals surface area contributed by atoms with Gasteiger partial charge in [0, 0.05) is 38.6 Å². The fraction of sp³-hybridized carbons (Fsp3) is 0.368. The Kier molecular flexibility index (Phi) is 5.00.